The van der Waals surface area contributed by atoms with Crippen molar-refractivity contribution < 1.29 is 35.1 Å². The lowest BCUT2D eigenvalue weighted by molar-refractivity contribution is 0.436. The van der Waals surface area contributed by atoms with Gasteiger partial charge in [0.05, 0.1) is 5.69 Å². The monoisotopic (exact) mass is 643 g/mol. The minimum atomic E-state index is -4.46. The third-order valence-corrected chi connectivity index (χ3v) is 8.66. The van der Waals surface area contributed by atoms with Crippen molar-refractivity contribution in [1.82, 2.24) is 0 Å². The summed E-state index contributed by atoms with van der Waals surface area (Å²) in [5, 5.41) is 0.536. The first-order valence-corrected chi connectivity index (χ1v) is 17.3. The number of hydrogen-bond donors (Lipinski definition) is 2. The fourth-order valence-corrected chi connectivity index (χ4v) is 6.57. The fraction of sp³-hybridized carbons (Fsp3) is 0.118. The molecule has 0 fully saturated rings. The third kappa shape index (κ3) is 6.86. The number of rotatable bonds is 9. The number of nitrogens with zero attached hydrogens (tertiary/aromatic N) is 1. The summed E-state index contributed by atoms with van der Waals surface area (Å²) in [5.74, 6) is -0.632. The normalized spacial score (nSPS) is 14.6. The molecule has 0 bridgehead atoms. The molecule has 0 aliphatic carbocycles. The summed E-state index contributed by atoms with van der Waals surface area (Å²) in [5.41, 5.74) is 5.33. The smallest absolute Gasteiger partial charge is 0.283 e. The maximum atomic E-state index is 12.1. The predicted molar refractivity (Wildman–Crippen MR) is 175 cm³/mol. The van der Waals surface area contributed by atoms with Gasteiger partial charge in [-0.1, -0.05) is 79.7 Å². The Hall–Kier alpha value is -4.68. The van der Waals surface area contributed by atoms with Crippen LogP contribution in [0.1, 0.15) is 24.7 Å². The van der Waals surface area contributed by atoms with E-state index in [0.717, 1.165) is 22.3 Å². The SMILES string of the molecule is CCC(/C=C1\Oc2ccc(-c3ccccc3)cc2N1CS(=O)(=O)O)=C\c1oc2ccc(-c3ccccc3)cc2c1CS(=O)(=O)O. The molecular formula is C34H29NO8S2. The predicted octanol–water partition coefficient (Wildman–Crippen LogP) is 7.53. The van der Waals surface area contributed by atoms with Crippen LogP contribution in [0.2, 0.25) is 0 Å². The Kier molecular flexibility index (Phi) is 8.10. The van der Waals surface area contributed by atoms with E-state index in [0.29, 0.717) is 34.4 Å². The molecule has 0 saturated heterocycles. The van der Waals surface area contributed by atoms with Gasteiger partial charge in [0.25, 0.3) is 20.2 Å². The summed E-state index contributed by atoms with van der Waals surface area (Å²) in [6.45, 7) is 1.87. The first-order valence-electron chi connectivity index (χ1n) is 14.1. The largest absolute Gasteiger partial charge is 0.456 e. The van der Waals surface area contributed by atoms with Crippen LogP contribution < -0.4 is 9.64 Å². The lowest BCUT2D eigenvalue weighted by Crippen LogP contribution is -2.27. The Balaban J connectivity index is 1.44. The van der Waals surface area contributed by atoms with Gasteiger partial charge >= 0.3 is 0 Å². The summed E-state index contributed by atoms with van der Waals surface area (Å²) in [4.78, 5) is 1.37. The van der Waals surface area contributed by atoms with Crippen molar-refractivity contribution in [2.75, 3.05) is 10.8 Å². The zero-order valence-electron chi connectivity index (χ0n) is 24.1. The molecule has 5 aromatic rings. The number of furan rings is 1. The van der Waals surface area contributed by atoms with Gasteiger partial charge in [-0.05, 0) is 64.6 Å². The molecule has 2 heterocycles. The molecule has 0 saturated carbocycles. The molecule has 6 rings (SSSR count). The minimum absolute atomic E-state index is 0.153. The van der Waals surface area contributed by atoms with E-state index in [9.17, 15) is 25.9 Å². The zero-order valence-corrected chi connectivity index (χ0v) is 25.8. The molecule has 9 nitrogen and oxygen atoms in total. The number of hydrogen-bond acceptors (Lipinski definition) is 7. The molecule has 11 heteroatoms. The Morgan fingerprint density at radius 2 is 1.40 bits per heavy atom. The maximum Gasteiger partial charge on any atom is 0.283 e. The van der Waals surface area contributed by atoms with Gasteiger partial charge < -0.3 is 9.15 Å². The van der Waals surface area contributed by atoms with E-state index in [1.807, 2.05) is 85.8 Å². The van der Waals surface area contributed by atoms with Crippen molar-refractivity contribution in [3.8, 4) is 28.0 Å². The van der Waals surface area contributed by atoms with E-state index in [-0.39, 0.29) is 17.2 Å². The molecule has 45 heavy (non-hydrogen) atoms. The molecule has 4 aromatic carbocycles. The van der Waals surface area contributed by atoms with Gasteiger partial charge in [0.1, 0.15) is 17.1 Å². The van der Waals surface area contributed by atoms with Crippen LogP contribution in [-0.2, 0) is 26.0 Å². The van der Waals surface area contributed by atoms with Crippen LogP contribution in [0, 0.1) is 0 Å². The van der Waals surface area contributed by atoms with Crippen molar-refractivity contribution in [1.29, 1.82) is 0 Å². The Morgan fingerprint density at radius 3 is 2.00 bits per heavy atom. The molecular weight excluding hydrogens is 615 g/mol. The third-order valence-electron chi connectivity index (χ3n) is 7.42. The summed E-state index contributed by atoms with van der Waals surface area (Å²) in [6.07, 6.45) is 3.69. The lowest BCUT2D eigenvalue weighted by atomic mass is 10.0. The Labute approximate surface area is 261 Å². The average molecular weight is 644 g/mol. The Bertz CT molecular complexity index is 2170. The number of benzene rings is 4. The van der Waals surface area contributed by atoms with E-state index in [2.05, 4.69) is 0 Å². The van der Waals surface area contributed by atoms with E-state index in [4.69, 9.17) is 9.15 Å². The van der Waals surface area contributed by atoms with Crippen LogP contribution in [0.15, 0.2) is 119 Å². The summed E-state index contributed by atoms with van der Waals surface area (Å²) in [6, 6.07) is 30.0. The molecule has 2 N–H and O–H groups in total. The van der Waals surface area contributed by atoms with Crippen LogP contribution in [0.3, 0.4) is 0 Å². The number of anilines is 1. The minimum Gasteiger partial charge on any atom is -0.456 e. The second-order valence-electron chi connectivity index (χ2n) is 10.6. The van der Waals surface area contributed by atoms with Crippen LogP contribution in [-0.4, -0.2) is 31.8 Å². The summed E-state index contributed by atoms with van der Waals surface area (Å²) in [7, 11) is -8.89. The fourth-order valence-electron chi connectivity index (χ4n) is 5.31. The molecule has 0 radical (unpaired) electrons. The van der Waals surface area contributed by atoms with E-state index in [1.54, 1.807) is 30.4 Å². The highest BCUT2D eigenvalue weighted by molar-refractivity contribution is 7.85. The second kappa shape index (κ2) is 12.0. The lowest BCUT2D eigenvalue weighted by Gasteiger charge is -2.17. The first-order chi connectivity index (χ1) is 21.5. The van der Waals surface area contributed by atoms with Crippen molar-refractivity contribution in [2.45, 2.75) is 19.1 Å². The van der Waals surface area contributed by atoms with Crippen molar-refractivity contribution in [2.24, 2.45) is 0 Å². The summed E-state index contributed by atoms with van der Waals surface area (Å²) >= 11 is 0. The van der Waals surface area contributed by atoms with Crippen LogP contribution >= 0.6 is 0 Å². The zero-order chi connectivity index (χ0) is 31.8. The van der Waals surface area contributed by atoms with Gasteiger partial charge in [-0.2, -0.15) is 16.8 Å². The van der Waals surface area contributed by atoms with Crippen molar-refractivity contribution in [3.05, 3.63) is 126 Å². The number of fused-ring (bicyclic) bond motifs is 2. The van der Waals surface area contributed by atoms with Gasteiger partial charge in [-0.15, -0.1) is 0 Å². The molecule has 1 aliphatic rings. The number of allylic oxidation sites excluding steroid dienone is 2. The highest BCUT2D eigenvalue weighted by Gasteiger charge is 2.30. The van der Waals surface area contributed by atoms with Gasteiger partial charge in [0, 0.05) is 17.0 Å². The van der Waals surface area contributed by atoms with Crippen LogP contribution in [0.4, 0.5) is 5.69 Å². The standard InChI is InChI=1S/C34H29NO8S2/c1-2-23(17-33-29(21-44(36,37)38)28-19-26(13-15-31(28)42-33)24-9-5-3-6-10-24)18-34-35(22-45(39,40)41)30-20-27(14-16-32(30)43-34)25-11-7-4-8-12-25/h3-20H,2,21-22H2,1H3,(H,36,37,38)(H,39,40,41)/b23-17+,34-18-. The number of ether oxygens (including phenoxy) is 1. The molecule has 0 spiro atoms. The molecule has 1 aliphatic heterocycles. The second-order valence-corrected chi connectivity index (χ2v) is 13.5. The molecule has 0 unspecified atom stereocenters. The van der Waals surface area contributed by atoms with Crippen molar-refractivity contribution in [3.63, 3.8) is 0 Å². The highest BCUT2D eigenvalue weighted by atomic mass is 32.2. The summed E-state index contributed by atoms with van der Waals surface area (Å²) < 4.78 is 80.1. The highest BCUT2D eigenvalue weighted by Crippen LogP contribution is 2.42. The molecule has 230 valence electrons. The first kappa shape index (κ1) is 30.4. The van der Waals surface area contributed by atoms with Crippen molar-refractivity contribution >= 4 is 43.0 Å². The van der Waals surface area contributed by atoms with Gasteiger partial charge in [-0.3, -0.25) is 14.0 Å². The quantitative estimate of drug-likeness (QED) is 0.156. The molecule has 0 amide bonds. The topological polar surface area (TPSA) is 134 Å². The van der Waals surface area contributed by atoms with Gasteiger partial charge in [0.15, 0.2) is 11.6 Å². The van der Waals surface area contributed by atoms with Crippen LogP contribution in [0.5, 0.6) is 5.75 Å². The molecule has 0 atom stereocenters. The van der Waals surface area contributed by atoms with E-state index < -0.39 is 31.9 Å². The van der Waals surface area contributed by atoms with E-state index >= 15 is 0 Å². The average Bonchev–Trinajstić information content (AvgIpc) is 3.51. The van der Waals surface area contributed by atoms with E-state index in [1.165, 1.54) is 4.90 Å². The maximum absolute atomic E-state index is 12.1. The van der Waals surface area contributed by atoms with Gasteiger partial charge in [-0.25, -0.2) is 0 Å². The molecule has 1 aromatic heterocycles. The van der Waals surface area contributed by atoms with Crippen LogP contribution in [0.25, 0.3) is 39.3 Å². The van der Waals surface area contributed by atoms with Gasteiger partial charge in [0.2, 0.25) is 5.88 Å². The Morgan fingerprint density at radius 1 is 0.778 bits per heavy atom.